The molecule has 4 aromatic rings. The number of aromatic nitrogens is 1. The number of aryl methyl sites for hydroxylation is 1. The average molecular weight is 466 g/mol. The quantitative estimate of drug-likeness (QED) is 0.429. The van der Waals surface area contributed by atoms with Gasteiger partial charge in [-0.05, 0) is 48.9 Å². The van der Waals surface area contributed by atoms with Gasteiger partial charge in [-0.15, -0.1) is 0 Å². The SMILES string of the molecule is Cc1ccc(-c2nc(S(=O)(=O)c3ccccc3F)c(NCc3ccc4c(c3)OCO4)o2)cc1. The molecule has 0 bridgehead atoms. The van der Waals surface area contributed by atoms with Crippen LogP contribution in [0.3, 0.4) is 0 Å². The normalized spacial score (nSPS) is 12.7. The van der Waals surface area contributed by atoms with Crippen molar-refractivity contribution in [1.82, 2.24) is 4.98 Å². The Labute approximate surface area is 189 Å². The van der Waals surface area contributed by atoms with Gasteiger partial charge in [-0.2, -0.15) is 4.98 Å². The molecule has 33 heavy (non-hydrogen) atoms. The molecule has 7 nitrogen and oxygen atoms in total. The molecule has 1 aliphatic rings. The Morgan fingerprint density at radius 3 is 2.55 bits per heavy atom. The first-order valence-corrected chi connectivity index (χ1v) is 11.6. The molecule has 0 aliphatic carbocycles. The highest BCUT2D eigenvalue weighted by atomic mass is 32.2. The van der Waals surface area contributed by atoms with E-state index in [0.717, 1.165) is 17.2 Å². The summed E-state index contributed by atoms with van der Waals surface area (Å²) in [6.07, 6.45) is 0. The maximum absolute atomic E-state index is 14.4. The maximum atomic E-state index is 14.4. The third-order valence-corrected chi connectivity index (χ3v) is 6.86. The van der Waals surface area contributed by atoms with Crippen LogP contribution >= 0.6 is 0 Å². The van der Waals surface area contributed by atoms with Crippen LogP contribution in [0.15, 0.2) is 81.1 Å². The predicted octanol–water partition coefficient (Wildman–Crippen LogP) is 4.96. The zero-order chi connectivity index (χ0) is 23.0. The van der Waals surface area contributed by atoms with Gasteiger partial charge in [-0.25, -0.2) is 12.8 Å². The predicted molar refractivity (Wildman–Crippen MR) is 118 cm³/mol. The lowest BCUT2D eigenvalue weighted by Gasteiger charge is -2.07. The van der Waals surface area contributed by atoms with Gasteiger partial charge in [0, 0.05) is 12.1 Å². The number of rotatable bonds is 6. The second-order valence-corrected chi connectivity index (χ2v) is 9.33. The van der Waals surface area contributed by atoms with Gasteiger partial charge in [0.25, 0.3) is 0 Å². The lowest BCUT2D eigenvalue weighted by Crippen LogP contribution is -2.09. The summed E-state index contributed by atoms with van der Waals surface area (Å²) in [4.78, 5) is 3.77. The van der Waals surface area contributed by atoms with E-state index in [1.165, 1.54) is 18.2 Å². The van der Waals surface area contributed by atoms with E-state index in [1.54, 1.807) is 24.3 Å². The fourth-order valence-electron chi connectivity index (χ4n) is 3.42. The Hall–Kier alpha value is -3.85. The van der Waals surface area contributed by atoms with Crippen molar-refractivity contribution in [3.63, 3.8) is 0 Å². The van der Waals surface area contributed by atoms with Crippen molar-refractivity contribution in [3.8, 4) is 23.0 Å². The molecule has 0 fully saturated rings. The minimum Gasteiger partial charge on any atom is -0.454 e. The molecule has 9 heteroatoms. The molecule has 0 radical (unpaired) electrons. The van der Waals surface area contributed by atoms with Gasteiger partial charge in [-0.3, -0.25) is 0 Å². The number of nitrogens with one attached hydrogen (secondary N) is 1. The number of halogens is 1. The molecule has 1 aliphatic heterocycles. The highest BCUT2D eigenvalue weighted by Crippen LogP contribution is 2.35. The standard InChI is InChI=1S/C24H19FN2O5S/c1-15-6-9-17(10-7-15)22-27-24(33(28,29)21-5-3-2-4-18(21)25)23(32-22)26-13-16-8-11-19-20(12-16)31-14-30-19/h2-12,26H,13-14H2,1H3. The maximum Gasteiger partial charge on any atom is 0.234 e. The highest BCUT2D eigenvalue weighted by molar-refractivity contribution is 7.91. The van der Waals surface area contributed by atoms with Crippen LogP contribution in [-0.4, -0.2) is 20.2 Å². The van der Waals surface area contributed by atoms with E-state index in [4.69, 9.17) is 13.9 Å². The van der Waals surface area contributed by atoms with E-state index in [1.807, 2.05) is 25.1 Å². The number of benzene rings is 3. The average Bonchev–Trinajstić information content (AvgIpc) is 3.45. The topological polar surface area (TPSA) is 90.7 Å². The Balaban J connectivity index is 1.54. The number of hydrogen-bond donors (Lipinski definition) is 1. The molecular weight excluding hydrogens is 447 g/mol. The molecule has 3 aromatic carbocycles. The summed E-state index contributed by atoms with van der Waals surface area (Å²) < 4.78 is 57.5. The van der Waals surface area contributed by atoms with Gasteiger partial charge < -0.3 is 19.2 Å². The third kappa shape index (κ3) is 4.03. The summed E-state index contributed by atoms with van der Waals surface area (Å²) in [5.74, 6) is 0.415. The zero-order valence-corrected chi connectivity index (χ0v) is 18.4. The Bertz CT molecular complexity index is 1430. The first-order valence-electron chi connectivity index (χ1n) is 10.1. The molecule has 0 spiro atoms. The van der Waals surface area contributed by atoms with Crippen LogP contribution in [0, 0.1) is 12.7 Å². The number of oxazole rings is 1. The van der Waals surface area contributed by atoms with Crippen molar-refractivity contribution in [2.75, 3.05) is 12.1 Å². The number of nitrogens with zero attached hydrogens (tertiary/aromatic N) is 1. The summed E-state index contributed by atoms with van der Waals surface area (Å²) in [5, 5.41) is 2.61. The minimum atomic E-state index is -4.30. The fraction of sp³-hybridized carbons (Fsp3) is 0.125. The number of hydrogen-bond acceptors (Lipinski definition) is 7. The van der Waals surface area contributed by atoms with Gasteiger partial charge in [0.2, 0.25) is 33.4 Å². The molecule has 1 aromatic heterocycles. The van der Waals surface area contributed by atoms with Crippen LogP contribution in [0.2, 0.25) is 0 Å². The number of fused-ring (bicyclic) bond motifs is 1. The van der Waals surface area contributed by atoms with Gasteiger partial charge in [0.15, 0.2) is 11.5 Å². The van der Waals surface area contributed by atoms with Crippen molar-refractivity contribution in [3.05, 3.63) is 83.7 Å². The Morgan fingerprint density at radius 1 is 1.00 bits per heavy atom. The summed E-state index contributed by atoms with van der Waals surface area (Å²) >= 11 is 0. The molecule has 0 amide bonds. The molecular formula is C24H19FN2O5S. The summed E-state index contributed by atoms with van der Waals surface area (Å²) in [5.41, 5.74) is 2.44. The van der Waals surface area contributed by atoms with E-state index in [0.29, 0.717) is 17.1 Å². The fourth-order valence-corrected chi connectivity index (χ4v) is 4.77. The van der Waals surface area contributed by atoms with E-state index < -0.39 is 20.5 Å². The molecule has 0 saturated heterocycles. The number of anilines is 1. The molecule has 0 atom stereocenters. The van der Waals surface area contributed by atoms with Gasteiger partial charge in [0.1, 0.15) is 10.7 Å². The van der Waals surface area contributed by atoms with E-state index >= 15 is 0 Å². The van der Waals surface area contributed by atoms with Gasteiger partial charge in [0.05, 0.1) is 0 Å². The van der Waals surface area contributed by atoms with Gasteiger partial charge >= 0.3 is 0 Å². The third-order valence-electron chi connectivity index (χ3n) is 5.17. The Morgan fingerprint density at radius 2 is 1.76 bits per heavy atom. The van der Waals surface area contributed by atoms with Crippen LogP contribution < -0.4 is 14.8 Å². The van der Waals surface area contributed by atoms with Crippen molar-refractivity contribution < 1.29 is 26.7 Å². The monoisotopic (exact) mass is 466 g/mol. The molecule has 5 rings (SSSR count). The molecule has 1 N–H and O–H groups in total. The zero-order valence-electron chi connectivity index (χ0n) is 17.5. The van der Waals surface area contributed by atoms with Crippen LogP contribution in [0.1, 0.15) is 11.1 Å². The van der Waals surface area contributed by atoms with Crippen molar-refractivity contribution in [2.45, 2.75) is 23.4 Å². The van der Waals surface area contributed by atoms with Crippen molar-refractivity contribution in [2.24, 2.45) is 0 Å². The summed E-state index contributed by atoms with van der Waals surface area (Å²) in [7, 11) is -4.30. The second-order valence-electron chi connectivity index (χ2n) is 7.49. The minimum absolute atomic E-state index is 0.0773. The van der Waals surface area contributed by atoms with E-state index in [2.05, 4.69) is 10.3 Å². The highest BCUT2D eigenvalue weighted by Gasteiger charge is 2.30. The lowest BCUT2D eigenvalue weighted by atomic mass is 10.1. The van der Waals surface area contributed by atoms with Crippen molar-refractivity contribution in [1.29, 1.82) is 0 Å². The molecule has 0 saturated carbocycles. The molecule has 2 heterocycles. The summed E-state index contributed by atoms with van der Waals surface area (Å²) in [6, 6.07) is 17.8. The largest absolute Gasteiger partial charge is 0.454 e. The molecule has 168 valence electrons. The Kier molecular flexibility index (Phi) is 5.26. The van der Waals surface area contributed by atoms with Crippen LogP contribution in [-0.2, 0) is 16.4 Å². The molecule has 0 unspecified atom stereocenters. The van der Waals surface area contributed by atoms with Crippen molar-refractivity contribution >= 4 is 15.7 Å². The first kappa shape index (κ1) is 21.0. The second kappa shape index (κ2) is 8.25. The lowest BCUT2D eigenvalue weighted by molar-refractivity contribution is 0.174. The van der Waals surface area contributed by atoms with Crippen LogP contribution in [0.4, 0.5) is 10.3 Å². The first-order chi connectivity index (χ1) is 15.9. The van der Waals surface area contributed by atoms with Crippen LogP contribution in [0.5, 0.6) is 11.5 Å². The van der Waals surface area contributed by atoms with E-state index in [9.17, 15) is 12.8 Å². The van der Waals surface area contributed by atoms with Crippen LogP contribution in [0.25, 0.3) is 11.5 Å². The summed E-state index contributed by atoms with van der Waals surface area (Å²) in [6.45, 7) is 2.31. The number of sulfone groups is 1. The van der Waals surface area contributed by atoms with Gasteiger partial charge in [-0.1, -0.05) is 35.9 Å². The van der Waals surface area contributed by atoms with E-state index in [-0.39, 0.29) is 30.1 Å². The number of ether oxygens (including phenoxy) is 2. The smallest absolute Gasteiger partial charge is 0.234 e.